The maximum atomic E-state index is 12.1. The van der Waals surface area contributed by atoms with E-state index in [9.17, 15) is 4.79 Å². The summed E-state index contributed by atoms with van der Waals surface area (Å²) in [6, 6.07) is 12.0. The summed E-state index contributed by atoms with van der Waals surface area (Å²) < 4.78 is 0. The summed E-state index contributed by atoms with van der Waals surface area (Å²) in [5.74, 6) is 1.26. The van der Waals surface area contributed by atoms with E-state index >= 15 is 0 Å². The molecule has 0 bridgehead atoms. The monoisotopic (exact) mass is 310 g/mol. The third-order valence-electron chi connectivity index (χ3n) is 4.10. The van der Waals surface area contributed by atoms with Gasteiger partial charge in [-0.25, -0.2) is 9.78 Å². The zero-order valence-electron chi connectivity index (χ0n) is 13.8. The zero-order chi connectivity index (χ0) is 16.4. The Morgan fingerprint density at radius 2 is 2.00 bits per heavy atom. The van der Waals surface area contributed by atoms with Crippen LogP contribution in [0.4, 0.5) is 22.0 Å². The third kappa shape index (κ3) is 3.13. The number of rotatable bonds is 4. The van der Waals surface area contributed by atoms with Crippen LogP contribution in [0.5, 0.6) is 0 Å². The number of hydrogen-bond donors (Lipinski definition) is 1. The van der Waals surface area contributed by atoms with Gasteiger partial charge >= 0.3 is 6.03 Å². The van der Waals surface area contributed by atoms with Gasteiger partial charge in [-0.3, -0.25) is 4.90 Å². The first-order valence-corrected chi connectivity index (χ1v) is 7.91. The highest BCUT2D eigenvalue weighted by Gasteiger charge is 2.26. The molecule has 1 saturated heterocycles. The van der Waals surface area contributed by atoms with Crippen molar-refractivity contribution in [2.24, 2.45) is 0 Å². The smallest absolute Gasteiger partial charge is 0.324 e. The lowest BCUT2D eigenvalue weighted by Crippen LogP contribution is -2.29. The molecule has 0 aliphatic carbocycles. The maximum Gasteiger partial charge on any atom is 0.324 e. The van der Waals surface area contributed by atoms with Crippen molar-refractivity contribution in [3.63, 3.8) is 0 Å². The highest BCUT2D eigenvalue weighted by atomic mass is 16.2. The molecule has 1 aromatic carbocycles. The standard InChI is InChI=1S/C18H22N4O/c1-13(2)16-8-5-9-19-17(16)20-14-6-4-7-15(12-14)22-11-10-21(3)18(22)23/h4-9,12-13H,10-11H2,1-3H3,(H,19,20). The zero-order valence-corrected chi connectivity index (χ0v) is 13.8. The molecule has 1 N–H and O–H groups in total. The fraction of sp³-hybridized carbons (Fsp3) is 0.333. The van der Waals surface area contributed by atoms with Crippen LogP contribution in [0.3, 0.4) is 0 Å². The second-order valence-electron chi connectivity index (χ2n) is 6.13. The Morgan fingerprint density at radius 1 is 1.17 bits per heavy atom. The Balaban J connectivity index is 1.85. The van der Waals surface area contributed by atoms with Crippen molar-refractivity contribution < 1.29 is 4.79 Å². The number of urea groups is 1. The summed E-state index contributed by atoms with van der Waals surface area (Å²) in [5, 5.41) is 3.38. The summed E-state index contributed by atoms with van der Waals surface area (Å²) in [7, 11) is 1.83. The minimum Gasteiger partial charge on any atom is -0.340 e. The van der Waals surface area contributed by atoms with Gasteiger partial charge in [0.1, 0.15) is 5.82 Å². The van der Waals surface area contributed by atoms with Crippen molar-refractivity contribution in [2.75, 3.05) is 30.4 Å². The molecular formula is C18H22N4O. The van der Waals surface area contributed by atoms with Gasteiger partial charge in [-0.1, -0.05) is 26.0 Å². The Hall–Kier alpha value is -2.56. The average Bonchev–Trinajstić information content (AvgIpc) is 2.87. The number of carbonyl (C=O) groups is 1. The number of nitrogens with one attached hydrogen (secondary N) is 1. The minimum atomic E-state index is 0.0443. The van der Waals surface area contributed by atoms with Gasteiger partial charge in [0, 0.05) is 37.7 Å². The Kier molecular flexibility index (Phi) is 4.19. The number of carbonyl (C=O) groups excluding carboxylic acids is 1. The molecule has 5 nitrogen and oxygen atoms in total. The molecule has 2 aromatic rings. The number of likely N-dealkylation sites (N-methyl/N-ethyl adjacent to an activating group) is 1. The predicted octanol–water partition coefficient (Wildman–Crippen LogP) is 3.82. The van der Waals surface area contributed by atoms with E-state index in [-0.39, 0.29) is 6.03 Å². The van der Waals surface area contributed by atoms with E-state index in [2.05, 4.69) is 30.2 Å². The quantitative estimate of drug-likeness (QED) is 0.934. The fourth-order valence-electron chi connectivity index (χ4n) is 2.76. The van der Waals surface area contributed by atoms with Gasteiger partial charge in [-0.15, -0.1) is 0 Å². The normalized spacial score (nSPS) is 14.7. The molecule has 3 rings (SSSR count). The largest absolute Gasteiger partial charge is 0.340 e. The van der Waals surface area contributed by atoms with Gasteiger partial charge in [0.05, 0.1) is 0 Å². The maximum absolute atomic E-state index is 12.1. The number of nitrogens with zero attached hydrogens (tertiary/aromatic N) is 3. The predicted molar refractivity (Wildman–Crippen MR) is 93.4 cm³/mol. The van der Waals surface area contributed by atoms with Gasteiger partial charge in [0.2, 0.25) is 0 Å². The summed E-state index contributed by atoms with van der Waals surface area (Å²) >= 11 is 0. The summed E-state index contributed by atoms with van der Waals surface area (Å²) in [5.41, 5.74) is 3.02. The molecule has 2 amide bonds. The Labute approximate surface area is 136 Å². The van der Waals surface area contributed by atoms with Crippen molar-refractivity contribution in [3.05, 3.63) is 48.2 Å². The molecule has 1 aliphatic heterocycles. The van der Waals surface area contributed by atoms with Gasteiger partial charge < -0.3 is 10.2 Å². The molecule has 0 unspecified atom stereocenters. The molecule has 2 heterocycles. The van der Waals surface area contributed by atoms with E-state index in [4.69, 9.17) is 0 Å². The molecule has 120 valence electrons. The van der Waals surface area contributed by atoms with Crippen molar-refractivity contribution in [1.29, 1.82) is 0 Å². The van der Waals surface area contributed by atoms with Crippen LogP contribution in [0.15, 0.2) is 42.6 Å². The molecule has 0 spiro atoms. The van der Waals surface area contributed by atoms with E-state index < -0.39 is 0 Å². The molecule has 1 aliphatic rings. The first-order chi connectivity index (χ1) is 11.1. The van der Waals surface area contributed by atoms with Crippen molar-refractivity contribution in [1.82, 2.24) is 9.88 Å². The van der Waals surface area contributed by atoms with Crippen LogP contribution in [-0.2, 0) is 0 Å². The lowest BCUT2D eigenvalue weighted by molar-refractivity contribution is 0.229. The number of amides is 2. The summed E-state index contributed by atoms with van der Waals surface area (Å²) in [6.45, 7) is 5.78. The molecule has 0 atom stereocenters. The number of benzene rings is 1. The second-order valence-corrected chi connectivity index (χ2v) is 6.13. The highest BCUT2D eigenvalue weighted by molar-refractivity contribution is 5.94. The number of aromatic nitrogens is 1. The molecule has 1 fully saturated rings. The van der Waals surface area contributed by atoms with E-state index in [0.717, 1.165) is 30.3 Å². The minimum absolute atomic E-state index is 0.0443. The molecule has 1 aromatic heterocycles. The number of hydrogen-bond acceptors (Lipinski definition) is 3. The van der Waals surface area contributed by atoms with E-state index in [1.54, 1.807) is 16.0 Å². The van der Waals surface area contributed by atoms with Crippen LogP contribution in [0.1, 0.15) is 25.3 Å². The van der Waals surface area contributed by atoms with E-state index in [1.807, 2.05) is 37.4 Å². The lowest BCUT2D eigenvalue weighted by atomic mass is 10.0. The molecule has 0 radical (unpaired) electrons. The van der Waals surface area contributed by atoms with E-state index in [1.165, 1.54) is 5.56 Å². The van der Waals surface area contributed by atoms with Crippen molar-refractivity contribution >= 4 is 23.2 Å². The molecular weight excluding hydrogens is 288 g/mol. The SMILES string of the molecule is CC(C)c1cccnc1Nc1cccc(N2CCN(C)C2=O)c1. The van der Waals surface area contributed by atoms with Gasteiger partial charge in [0.15, 0.2) is 0 Å². The lowest BCUT2D eigenvalue weighted by Gasteiger charge is -2.18. The summed E-state index contributed by atoms with van der Waals surface area (Å²) in [4.78, 5) is 20.1. The van der Waals surface area contributed by atoms with Gasteiger partial charge in [-0.05, 0) is 35.7 Å². The van der Waals surface area contributed by atoms with Gasteiger partial charge in [-0.2, -0.15) is 0 Å². The Morgan fingerprint density at radius 3 is 2.70 bits per heavy atom. The van der Waals surface area contributed by atoms with Crippen LogP contribution < -0.4 is 10.2 Å². The second kappa shape index (κ2) is 6.28. The molecule has 0 saturated carbocycles. The van der Waals surface area contributed by atoms with Crippen LogP contribution >= 0.6 is 0 Å². The highest BCUT2D eigenvalue weighted by Crippen LogP contribution is 2.28. The fourth-order valence-corrected chi connectivity index (χ4v) is 2.76. The van der Waals surface area contributed by atoms with Crippen molar-refractivity contribution in [2.45, 2.75) is 19.8 Å². The Bertz CT molecular complexity index is 714. The topological polar surface area (TPSA) is 48.5 Å². The average molecular weight is 310 g/mol. The van der Waals surface area contributed by atoms with Crippen LogP contribution in [0.25, 0.3) is 0 Å². The van der Waals surface area contributed by atoms with Gasteiger partial charge in [0.25, 0.3) is 0 Å². The van der Waals surface area contributed by atoms with E-state index in [0.29, 0.717) is 5.92 Å². The van der Waals surface area contributed by atoms with Crippen molar-refractivity contribution in [3.8, 4) is 0 Å². The van der Waals surface area contributed by atoms with Crippen LogP contribution in [0.2, 0.25) is 0 Å². The van der Waals surface area contributed by atoms with Crippen LogP contribution in [-0.4, -0.2) is 36.1 Å². The third-order valence-corrected chi connectivity index (χ3v) is 4.10. The number of anilines is 3. The summed E-state index contributed by atoms with van der Waals surface area (Å²) in [6.07, 6.45) is 1.79. The first-order valence-electron chi connectivity index (χ1n) is 7.91. The number of pyridine rings is 1. The molecule has 23 heavy (non-hydrogen) atoms. The first kappa shape index (κ1) is 15.3. The molecule has 5 heteroatoms. The van der Waals surface area contributed by atoms with Crippen LogP contribution in [0, 0.1) is 0 Å².